The van der Waals surface area contributed by atoms with Crippen LogP contribution < -0.4 is 4.74 Å². The van der Waals surface area contributed by atoms with E-state index >= 15 is 0 Å². The third-order valence-electron chi connectivity index (χ3n) is 3.51. The van der Waals surface area contributed by atoms with E-state index in [1.807, 2.05) is 0 Å². The number of hydrogen-bond donors (Lipinski definition) is 5. The van der Waals surface area contributed by atoms with Crippen molar-refractivity contribution in [2.24, 2.45) is 0 Å². The van der Waals surface area contributed by atoms with Gasteiger partial charge in [0.25, 0.3) is 0 Å². The van der Waals surface area contributed by atoms with Crippen molar-refractivity contribution >= 4 is 0 Å². The van der Waals surface area contributed by atoms with Gasteiger partial charge in [0, 0.05) is 24.1 Å². The highest BCUT2D eigenvalue weighted by atomic mass is 16.6. The summed E-state index contributed by atoms with van der Waals surface area (Å²) >= 11 is 0. The van der Waals surface area contributed by atoms with E-state index in [-0.39, 0.29) is 35.2 Å². The molecular weight excluding hydrogens is 279 g/mol. The summed E-state index contributed by atoms with van der Waals surface area (Å²) in [5.41, 5.74) is 0.894. The summed E-state index contributed by atoms with van der Waals surface area (Å²) < 4.78 is 5.62. The minimum Gasteiger partial charge on any atom is -0.508 e. The summed E-state index contributed by atoms with van der Waals surface area (Å²) in [6, 6.07) is 6.67. The van der Waals surface area contributed by atoms with E-state index in [1.165, 1.54) is 30.3 Å². The molecule has 0 bridgehead atoms. The zero-order valence-electron chi connectivity index (χ0n) is 10.9. The highest BCUT2D eigenvalue weighted by molar-refractivity contribution is 5.52. The molecule has 0 aliphatic carbocycles. The number of phenolic OH excluding ortho intramolecular Hbond substituents is 4. The Morgan fingerprint density at radius 2 is 1.67 bits per heavy atom. The van der Waals surface area contributed by atoms with Crippen LogP contribution in [-0.4, -0.2) is 31.6 Å². The van der Waals surface area contributed by atoms with E-state index in [9.17, 15) is 25.5 Å². The van der Waals surface area contributed by atoms with Gasteiger partial charge in [-0.15, -0.1) is 0 Å². The number of hydrogen-bond acceptors (Lipinski definition) is 6. The van der Waals surface area contributed by atoms with Crippen LogP contribution in [0.25, 0.3) is 0 Å². The van der Waals surface area contributed by atoms with Crippen molar-refractivity contribution in [2.75, 3.05) is 0 Å². The molecule has 0 unspecified atom stereocenters. The van der Waals surface area contributed by atoms with E-state index < -0.39 is 12.2 Å². The van der Waals surface area contributed by atoms with Crippen LogP contribution in [0.15, 0.2) is 30.3 Å². The van der Waals surface area contributed by atoms with Crippen molar-refractivity contribution in [3.8, 4) is 28.7 Å². The van der Waals surface area contributed by atoms with E-state index in [0.29, 0.717) is 11.1 Å². The minimum absolute atomic E-state index is 0.143. The topological polar surface area (TPSA) is 110 Å². The van der Waals surface area contributed by atoms with Crippen LogP contribution in [0.2, 0.25) is 0 Å². The first-order chi connectivity index (χ1) is 9.95. The molecule has 0 saturated carbocycles. The van der Waals surface area contributed by atoms with Gasteiger partial charge in [-0.05, 0) is 17.7 Å². The summed E-state index contributed by atoms with van der Waals surface area (Å²) in [4.78, 5) is 0. The van der Waals surface area contributed by atoms with Crippen LogP contribution in [0, 0.1) is 0 Å². The summed E-state index contributed by atoms with van der Waals surface area (Å²) in [6.45, 7) is 0. The van der Waals surface area contributed by atoms with Crippen LogP contribution in [0.4, 0.5) is 0 Å². The third kappa shape index (κ3) is 2.30. The van der Waals surface area contributed by atoms with Crippen molar-refractivity contribution in [1.82, 2.24) is 0 Å². The summed E-state index contributed by atoms with van der Waals surface area (Å²) in [5, 5.41) is 48.3. The number of rotatable bonds is 1. The Morgan fingerprint density at radius 3 is 2.38 bits per heavy atom. The first kappa shape index (κ1) is 13.4. The Labute approximate surface area is 120 Å². The number of ether oxygens (including phenoxy) is 1. The molecular formula is C15H14O6. The number of aromatic hydroxyl groups is 4. The Morgan fingerprint density at radius 1 is 0.905 bits per heavy atom. The molecule has 6 nitrogen and oxygen atoms in total. The molecule has 0 aromatic heterocycles. The fraction of sp³-hybridized carbons (Fsp3) is 0.200. The number of aliphatic hydroxyl groups is 1. The second-order valence-electron chi connectivity index (χ2n) is 5.00. The molecule has 5 N–H and O–H groups in total. The predicted octanol–water partition coefficient (Wildman–Crippen LogP) is 1.55. The Kier molecular flexibility index (Phi) is 3.03. The lowest BCUT2D eigenvalue weighted by atomic mass is 10.2. The van der Waals surface area contributed by atoms with Gasteiger partial charge in [-0.25, -0.2) is 0 Å². The maximum absolute atomic E-state index is 10.2. The van der Waals surface area contributed by atoms with Crippen molar-refractivity contribution in [2.45, 2.75) is 18.6 Å². The van der Waals surface area contributed by atoms with Gasteiger partial charge >= 0.3 is 0 Å². The van der Waals surface area contributed by atoms with E-state index in [2.05, 4.69) is 0 Å². The molecule has 0 saturated heterocycles. The smallest absolute Gasteiger partial charge is 0.157 e. The molecule has 0 amide bonds. The van der Waals surface area contributed by atoms with Gasteiger partial charge in [-0.2, -0.15) is 0 Å². The molecule has 6 heteroatoms. The first-order valence-corrected chi connectivity index (χ1v) is 6.37. The molecule has 3 rings (SSSR count). The maximum Gasteiger partial charge on any atom is 0.157 e. The molecule has 0 spiro atoms. The fourth-order valence-electron chi connectivity index (χ4n) is 2.47. The molecule has 1 aliphatic rings. The van der Waals surface area contributed by atoms with Gasteiger partial charge in [0.1, 0.15) is 23.4 Å². The highest BCUT2D eigenvalue weighted by Crippen LogP contribution is 2.42. The standard InChI is InChI=1S/C15H14O6/c16-8-4-11(18)9-6-13(20)15(21-14(9)5-8)7-1-2-10(17)12(19)3-7/h1-5,13,15-20H,6H2/t13-,15-/m1/s1/i6+1,13+1,15+1. The van der Waals surface area contributed by atoms with Crippen LogP contribution in [-0.2, 0) is 6.42 Å². The molecule has 1 heterocycles. The predicted molar refractivity (Wildman–Crippen MR) is 72.6 cm³/mol. The van der Waals surface area contributed by atoms with Gasteiger partial charge in [-0.1, -0.05) is 6.07 Å². The van der Waals surface area contributed by atoms with Crippen LogP contribution in [0.1, 0.15) is 17.2 Å². The number of phenols is 4. The normalized spacial score (nSPS) is 20.6. The molecule has 2 aromatic rings. The number of aliphatic hydroxyl groups excluding tert-OH is 1. The Balaban J connectivity index is 2.00. The largest absolute Gasteiger partial charge is 0.508 e. The zero-order valence-corrected chi connectivity index (χ0v) is 10.9. The zero-order chi connectivity index (χ0) is 15.1. The Bertz CT molecular complexity index is 697. The second kappa shape index (κ2) is 4.75. The lowest BCUT2D eigenvalue weighted by Gasteiger charge is -2.31. The SMILES string of the molecule is Oc1cc(O)c2c(c1)O[13C@H](c1ccc(O)c(O)c1)[13C@H](O)[13CH2]2. The van der Waals surface area contributed by atoms with Crippen molar-refractivity contribution in [3.63, 3.8) is 0 Å². The first-order valence-electron chi connectivity index (χ1n) is 6.37. The second-order valence-corrected chi connectivity index (χ2v) is 5.00. The average molecular weight is 293 g/mol. The van der Waals surface area contributed by atoms with E-state index in [4.69, 9.17) is 4.74 Å². The van der Waals surface area contributed by atoms with Crippen molar-refractivity contribution in [3.05, 3.63) is 41.5 Å². The molecule has 0 fully saturated rings. The number of fused-ring (bicyclic) bond motifs is 1. The number of benzene rings is 2. The molecule has 110 valence electrons. The molecule has 2 atom stereocenters. The minimum atomic E-state index is -0.933. The van der Waals surface area contributed by atoms with E-state index in [0.717, 1.165) is 0 Å². The van der Waals surface area contributed by atoms with Crippen LogP contribution in [0.3, 0.4) is 0 Å². The van der Waals surface area contributed by atoms with E-state index in [1.54, 1.807) is 0 Å². The van der Waals surface area contributed by atoms with Gasteiger partial charge < -0.3 is 30.3 Å². The van der Waals surface area contributed by atoms with Crippen molar-refractivity contribution < 1.29 is 30.3 Å². The molecule has 1 aliphatic heterocycles. The van der Waals surface area contributed by atoms with Gasteiger partial charge in [0.2, 0.25) is 0 Å². The average Bonchev–Trinajstić information content (AvgIpc) is 2.42. The van der Waals surface area contributed by atoms with Gasteiger partial charge in [0.15, 0.2) is 11.5 Å². The maximum atomic E-state index is 10.2. The van der Waals surface area contributed by atoms with Crippen LogP contribution in [0.5, 0.6) is 28.7 Å². The van der Waals surface area contributed by atoms with Gasteiger partial charge in [-0.3, -0.25) is 0 Å². The third-order valence-corrected chi connectivity index (χ3v) is 3.51. The molecule has 21 heavy (non-hydrogen) atoms. The quantitative estimate of drug-likeness (QED) is 0.403. The molecule has 2 aromatic carbocycles. The fourth-order valence-corrected chi connectivity index (χ4v) is 2.47. The Hall–Kier alpha value is -2.60. The van der Waals surface area contributed by atoms with Gasteiger partial charge in [0.05, 0.1) is 6.10 Å². The van der Waals surface area contributed by atoms with Crippen molar-refractivity contribution in [1.29, 1.82) is 0 Å². The summed E-state index contributed by atoms with van der Waals surface area (Å²) in [6.07, 6.45) is -1.56. The van der Waals surface area contributed by atoms with Crippen LogP contribution >= 0.6 is 0 Å². The summed E-state index contributed by atoms with van der Waals surface area (Å²) in [7, 11) is 0. The highest BCUT2D eigenvalue weighted by Gasteiger charge is 2.32. The lowest BCUT2D eigenvalue weighted by molar-refractivity contribution is 0.0197. The molecule has 0 radical (unpaired) electrons. The monoisotopic (exact) mass is 293 g/mol. The lowest BCUT2D eigenvalue weighted by Crippen LogP contribution is -2.30. The summed E-state index contributed by atoms with van der Waals surface area (Å²) in [5.74, 6) is -0.589.